The monoisotopic (exact) mass is 434 g/mol. The molecule has 0 aliphatic carbocycles. The Bertz CT molecular complexity index is 940. The van der Waals surface area contributed by atoms with Crippen molar-refractivity contribution in [1.29, 1.82) is 0 Å². The van der Waals surface area contributed by atoms with Crippen LogP contribution in [0.3, 0.4) is 0 Å². The van der Waals surface area contributed by atoms with E-state index in [1.54, 1.807) is 35.2 Å². The van der Waals surface area contributed by atoms with Crippen molar-refractivity contribution >= 4 is 16.1 Å². The van der Waals surface area contributed by atoms with Crippen molar-refractivity contribution in [1.82, 2.24) is 10.2 Å². The van der Waals surface area contributed by atoms with E-state index in [0.717, 1.165) is 5.56 Å². The summed E-state index contributed by atoms with van der Waals surface area (Å²) in [6, 6.07) is 12.6. The van der Waals surface area contributed by atoms with Crippen molar-refractivity contribution in [3.8, 4) is 11.5 Å². The van der Waals surface area contributed by atoms with Gasteiger partial charge in [0.2, 0.25) is 0 Å². The molecule has 0 fully saturated rings. The standard InChI is InChI=1S/C22H30N2O5S/c1-16(2)14-24(22(25)23-17(3)4)15-18-7-6-8-20(13-18)29-30(26,27)21-11-9-19(28-5)10-12-21/h6-13,16-17H,14-15H2,1-5H3,(H,23,25). The van der Waals surface area contributed by atoms with Gasteiger partial charge in [0.1, 0.15) is 16.4 Å². The van der Waals surface area contributed by atoms with Crippen molar-refractivity contribution in [3.05, 3.63) is 54.1 Å². The van der Waals surface area contributed by atoms with Crippen molar-refractivity contribution in [2.24, 2.45) is 5.92 Å². The molecule has 2 aromatic rings. The van der Waals surface area contributed by atoms with Crippen LogP contribution in [0.5, 0.6) is 11.5 Å². The molecule has 2 aromatic carbocycles. The number of nitrogens with one attached hydrogen (secondary N) is 1. The van der Waals surface area contributed by atoms with Crippen LogP contribution in [-0.2, 0) is 16.7 Å². The third-order valence-corrected chi connectivity index (χ3v) is 5.37. The molecule has 0 saturated heterocycles. The summed E-state index contributed by atoms with van der Waals surface area (Å²) in [5.41, 5.74) is 0.775. The summed E-state index contributed by atoms with van der Waals surface area (Å²) < 4.78 is 35.5. The molecule has 0 atom stereocenters. The largest absolute Gasteiger partial charge is 0.497 e. The molecule has 2 amide bonds. The van der Waals surface area contributed by atoms with Gasteiger partial charge >= 0.3 is 16.1 Å². The molecule has 7 nitrogen and oxygen atoms in total. The highest BCUT2D eigenvalue weighted by Gasteiger charge is 2.19. The first kappa shape index (κ1) is 23.5. The minimum Gasteiger partial charge on any atom is -0.497 e. The maximum atomic E-state index is 12.6. The predicted molar refractivity (Wildman–Crippen MR) is 116 cm³/mol. The minimum atomic E-state index is -3.98. The van der Waals surface area contributed by atoms with E-state index in [1.807, 2.05) is 33.8 Å². The van der Waals surface area contributed by atoms with Gasteiger partial charge in [-0.1, -0.05) is 26.0 Å². The average molecular weight is 435 g/mol. The topological polar surface area (TPSA) is 84.9 Å². The Balaban J connectivity index is 2.18. The van der Waals surface area contributed by atoms with E-state index in [9.17, 15) is 13.2 Å². The third kappa shape index (κ3) is 6.95. The summed E-state index contributed by atoms with van der Waals surface area (Å²) in [5.74, 6) is 1.04. The molecule has 0 unspecified atom stereocenters. The van der Waals surface area contributed by atoms with Gasteiger partial charge in [0.05, 0.1) is 7.11 Å². The fraction of sp³-hybridized carbons (Fsp3) is 0.409. The molecule has 8 heteroatoms. The number of rotatable bonds is 9. The number of hydrogen-bond acceptors (Lipinski definition) is 5. The summed E-state index contributed by atoms with van der Waals surface area (Å²) in [5, 5.41) is 2.90. The van der Waals surface area contributed by atoms with Crippen LogP contribution in [0.4, 0.5) is 4.79 Å². The van der Waals surface area contributed by atoms with Crippen LogP contribution in [0, 0.1) is 5.92 Å². The van der Waals surface area contributed by atoms with Crippen LogP contribution >= 0.6 is 0 Å². The van der Waals surface area contributed by atoms with Gasteiger partial charge in [-0.3, -0.25) is 0 Å². The quantitative estimate of drug-likeness (QED) is 0.602. The van der Waals surface area contributed by atoms with E-state index < -0.39 is 10.1 Å². The molecule has 1 N–H and O–H groups in total. The molecule has 0 spiro atoms. The molecule has 30 heavy (non-hydrogen) atoms. The number of carbonyl (C=O) groups is 1. The van der Waals surface area contributed by atoms with E-state index in [4.69, 9.17) is 8.92 Å². The van der Waals surface area contributed by atoms with Crippen molar-refractivity contribution in [2.45, 2.75) is 45.2 Å². The average Bonchev–Trinajstić information content (AvgIpc) is 2.66. The first-order valence-corrected chi connectivity index (χ1v) is 11.2. The number of amides is 2. The van der Waals surface area contributed by atoms with Gasteiger partial charge in [0.25, 0.3) is 0 Å². The highest BCUT2D eigenvalue weighted by molar-refractivity contribution is 7.87. The Morgan fingerprint density at radius 1 is 1.03 bits per heavy atom. The molecule has 0 aliphatic heterocycles. The third-order valence-electron chi connectivity index (χ3n) is 4.11. The van der Waals surface area contributed by atoms with Crippen LogP contribution in [0.2, 0.25) is 0 Å². The molecule has 0 aliphatic rings. The lowest BCUT2D eigenvalue weighted by molar-refractivity contribution is 0.185. The zero-order valence-corrected chi connectivity index (χ0v) is 18.9. The molecule has 0 saturated carbocycles. The summed E-state index contributed by atoms with van der Waals surface area (Å²) in [7, 11) is -2.47. The lowest BCUT2D eigenvalue weighted by atomic mass is 10.1. The lowest BCUT2D eigenvalue weighted by Crippen LogP contribution is -2.44. The van der Waals surface area contributed by atoms with E-state index in [0.29, 0.717) is 18.8 Å². The molecule has 0 heterocycles. The van der Waals surface area contributed by atoms with E-state index in [2.05, 4.69) is 5.32 Å². The normalized spacial score (nSPS) is 11.4. The van der Waals surface area contributed by atoms with Crippen molar-refractivity contribution in [2.75, 3.05) is 13.7 Å². The molecular formula is C22H30N2O5S. The first-order valence-electron chi connectivity index (χ1n) is 9.83. The maximum absolute atomic E-state index is 12.6. The second-order valence-corrected chi connectivity index (χ2v) is 9.29. The lowest BCUT2D eigenvalue weighted by Gasteiger charge is -2.26. The summed E-state index contributed by atoms with van der Waals surface area (Å²) >= 11 is 0. The maximum Gasteiger partial charge on any atom is 0.339 e. The Hall–Kier alpha value is -2.74. The van der Waals surface area contributed by atoms with Crippen LogP contribution < -0.4 is 14.2 Å². The molecular weight excluding hydrogens is 404 g/mol. The second-order valence-electron chi connectivity index (χ2n) is 7.74. The summed E-state index contributed by atoms with van der Waals surface area (Å²) in [4.78, 5) is 14.3. The SMILES string of the molecule is COc1ccc(S(=O)(=O)Oc2cccc(CN(CC(C)C)C(=O)NC(C)C)c2)cc1. The Kier molecular flexibility index (Phi) is 8.11. The Labute approximate surface area is 179 Å². The molecule has 0 radical (unpaired) electrons. The van der Waals surface area contributed by atoms with E-state index >= 15 is 0 Å². The smallest absolute Gasteiger partial charge is 0.339 e. The molecule has 164 valence electrons. The first-order chi connectivity index (χ1) is 14.1. The zero-order chi connectivity index (χ0) is 22.3. The van der Waals surface area contributed by atoms with Gasteiger partial charge < -0.3 is 19.1 Å². The number of carbonyl (C=O) groups excluding carboxylic acids is 1. The van der Waals surface area contributed by atoms with Crippen molar-refractivity contribution in [3.63, 3.8) is 0 Å². The van der Waals surface area contributed by atoms with E-state index in [-0.39, 0.29) is 28.6 Å². The van der Waals surface area contributed by atoms with Gasteiger partial charge in [-0.15, -0.1) is 0 Å². The molecule has 0 bridgehead atoms. The Morgan fingerprint density at radius 3 is 2.27 bits per heavy atom. The second kappa shape index (κ2) is 10.3. The van der Waals surface area contributed by atoms with Crippen LogP contribution in [0.15, 0.2) is 53.4 Å². The number of urea groups is 1. The summed E-state index contributed by atoms with van der Waals surface area (Å²) in [6.45, 7) is 8.81. The predicted octanol–water partition coefficient (Wildman–Crippen LogP) is 4.04. The fourth-order valence-corrected chi connectivity index (χ4v) is 3.75. The van der Waals surface area contributed by atoms with Gasteiger partial charge in [-0.2, -0.15) is 8.42 Å². The van der Waals surface area contributed by atoms with Gasteiger partial charge in [0.15, 0.2) is 0 Å². The number of hydrogen-bond donors (Lipinski definition) is 1. The number of methoxy groups -OCH3 is 1. The fourth-order valence-electron chi connectivity index (χ4n) is 2.83. The molecule has 2 rings (SSSR count). The van der Waals surface area contributed by atoms with Crippen LogP contribution in [0.25, 0.3) is 0 Å². The van der Waals surface area contributed by atoms with Gasteiger partial charge in [-0.25, -0.2) is 4.79 Å². The molecule has 0 aromatic heterocycles. The van der Waals surface area contributed by atoms with Gasteiger partial charge in [-0.05, 0) is 61.7 Å². The van der Waals surface area contributed by atoms with Crippen molar-refractivity contribution < 1.29 is 22.1 Å². The number of nitrogens with zero attached hydrogens (tertiary/aromatic N) is 1. The van der Waals surface area contributed by atoms with Gasteiger partial charge in [0, 0.05) is 19.1 Å². The summed E-state index contributed by atoms with van der Waals surface area (Å²) in [6.07, 6.45) is 0. The van der Waals surface area contributed by atoms with Crippen LogP contribution in [0.1, 0.15) is 33.3 Å². The number of ether oxygens (including phenoxy) is 1. The van der Waals surface area contributed by atoms with E-state index in [1.165, 1.54) is 19.2 Å². The minimum absolute atomic E-state index is 0.0245. The number of benzene rings is 2. The zero-order valence-electron chi connectivity index (χ0n) is 18.1. The highest BCUT2D eigenvalue weighted by atomic mass is 32.2. The van der Waals surface area contributed by atoms with Crippen LogP contribution in [-0.4, -0.2) is 39.0 Å². The highest BCUT2D eigenvalue weighted by Crippen LogP contribution is 2.22. The Morgan fingerprint density at radius 2 is 1.70 bits per heavy atom.